The summed E-state index contributed by atoms with van der Waals surface area (Å²) in [7, 11) is 0. The lowest BCUT2D eigenvalue weighted by molar-refractivity contribution is -0.113. The number of amides is 1. The van der Waals surface area contributed by atoms with Crippen molar-refractivity contribution >= 4 is 23.4 Å². The fourth-order valence-electron chi connectivity index (χ4n) is 1.90. The molecule has 116 valence electrons. The average Bonchev–Trinajstić information content (AvgIpc) is 3.05. The molecule has 3 aromatic rings. The van der Waals surface area contributed by atoms with Crippen molar-refractivity contribution in [2.75, 3.05) is 11.1 Å². The predicted octanol–water partition coefficient (Wildman–Crippen LogP) is 3.34. The Morgan fingerprint density at radius 3 is 2.61 bits per heavy atom. The zero-order chi connectivity index (χ0) is 16.1. The monoisotopic (exact) mass is 328 g/mol. The van der Waals surface area contributed by atoms with E-state index in [2.05, 4.69) is 20.5 Å². The molecule has 0 atom stereocenters. The van der Waals surface area contributed by atoms with Crippen LogP contribution in [-0.4, -0.2) is 26.8 Å². The molecule has 0 radical (unpaired) electrons. The molecule has 1 amide bonds. The van der Waals surface area contributed by atoms with E-state index in [1.807, 2.05) is 30.3 Å². The van der Waals surface area contributed by atoms with Gasteiger partial charge >= 0.3 is 0 Å². The Hall–Kier alpha value is -2.67. The first-order valence-corrected chi connectivity index (χ1v) is 7.85. The van der Waals surface area contributed by atoms with Gasteiger partial charge in [-0.25, -0.2) is 9.37 Å². The topological polar surface area (TPSA) is 70.7 Å². The van der Waals surface area contributed by atoms with E-state index in [1.165, 1.54) is 36.0 Å². The van der Waals surface area contributed by atoms with E-state index in [1.54, 1.807) is 0 Å². The number of thioether (sulfide) groups is 1. The summed E-state index contributed by atoms with van der Waals surface area (Å²) < 4.78 is 12.8. The fraction of sp³-hybridized carbons (Fsp3) is 0.0625. The van der Waals surface area contributed by atoms with E-state index < -0.39 is 0 Å². The average molecular weight is 328 g/mol. The van der Waals surface area contributed by atoms with Gasteiger partial charge in [-0.05, 0) is 24.3 Å². The van der Waals surface area contributed by atoms with Crippen LogP contribution in [0.5, 0.6) is 0 Å². The first-order valence-electron chi connectivity index (χ1n) is 6.87. The summed E-state index contributed by atoms with van der Waals surface area (Å²) in [6, 6.07) is 15.2. The number of hydrogen-bond acceptors (Lipinski definition) is 4. The number of benzene rings is 2. The molecule has 7 heteroatoms. The summed E-state index contributed by atoms with van der Waals surface area (Å²) in [6.07, 6.45) is 0. The highest BCUT2D eigenvalue weighted by Gasteiger charge is 2.09. The molecular formula is C16H13FN4OS. The standard InChI is InChI=1S/C16H13FN4OS/c17-12-6-8-13(9-7-12)18-14(22)10-23-16-19-15(20-21-16)11-4-2-1-3-5-11/h1-9H,10H2,(H,18,22)(H,19,20,21). The molecule has 0 aliphatic carbocycles. The van der Waals surface area contributed by atoms with Crippen molar-refractivity contribution in [1.29, 1.82) is 0 Å². The Labute approximate surface area is 136 Å². The number of nitrogens with one attached hydrogen (secondary N) is 2. The predicted molar refractivity (Wildman–Crippen MR) is 87.6 cm³/mol. The van der Waals surface area contributed by atoms with Crippen molar-refractivity contribution in [2.45, 2.75) is 5.16 Å². The number of H-pyrrole nitrogens is 1. The van der Waals surface area contributed by atoms with Crippen molar-refractivity contribution in [2.24, 2.45) is 0 Å². The molecule has 1 heterocycles. The third-order valence-electron chi connectivity index (χ3n) is 2.97. The van der Waals surface area contributed by atoms with Gasteiger partial charge in [-0.3, -0.25) is 9.89 Å². The highest BCUT2D eigenvalue weighted by atomic mass is 32.2. The minimum atomic E-state index is -0.341. The quantitative estimate of drug-likeness (QED) is 0.705. The van der Waals surface area contributed by atoms with E-state index in [-0.39, 0.29) is 17.5 Å². The molecule has 0 spiro atoms. The number of carbonyl (C=O) groups is 1. The van der Waals surface area contributed by atoms with Gasteiger partial charge in [0.1, 0.15) is 5.82 Å². The molecule has 3 rings (SSSR count). The van der Waals surface area contributed by atoms with Gasteiger partial charge in [0, 0.05) is 11.3 Å². The van der Waals surface area contributed by atoms with E-state index in [0.717, 1.165) is 5.56 Å². The zero-order valence-corrected chi connectivity index (χ0v) is 12.8. The smallest absolute Gasteiger partial charge is 0.234 e. The molecule has 1 aromatic heterocycles. The molecule has 0 saturated carbocycles. The summed E-state index contributed by atoms with van der Waals surface area (Å²) in [5.74, 6) is 0.287. The van der Waals surface area contributed by atoms with Crippen LogP contribution in [0.1, 0.15) is 0 Å². The lowest BCUT2D eigenvalue weighted by atomic mass is 10.2. The molecule has 5 nitrogen and oxygen atoms in total. The lowest BCUT2D eigenvalue weighted by Gasteiger charge is -2.03. The van der Waals surface area contributed by atoms with Gasteiger partial charge in [-0.15, -0.1) is 5.10 Å². The third-order valence-corrected chi connectivity index (χ3v) is 3.82. The lowest BCUT2D eigenvalue weighted by Crippen LogP contribution is -2.14. The fourth-order valence-corrected chi connectivity index (χ4v) is 2.49. The molecule has 23 heavy (non-hydrogen) atoms. The van der Waals surface area contributed by atoms with Gasteiger partial charge in [-0.2, -0.15) is 0 Å². The van der Waals surface area contributed by atoms with Crippen LogP contribution in [0.4, 0.5) is 10.1 Å². The molecule has 0 aliphatic heterocycles. The summed E-state index contributed by atoms with van der Waals surface area (Å²) >= 11 is 1.23. The maximum atomic E-state index is 12.8. The highest BCUT2D eigenvalue weighted by Crippen LogP contribution is 2.19. The number of hydrogen-bond donors (Lipinski definition) is 2. The Bertz CT molecular complexity index is 789. The normalized spacial score (nSPS) is 10.5. The van der Waals surface area contributed by atoms with Crippen LogP contribution in [-0.2, 0) is 4.79 Å². The van der Waals surface area contributed by atoms with Crippen LogP contribution >= 0.6 is 11.8 Å². The first-order chi connectivity index (χ1) is 11.2. The van der Waals surface area contributed by atoms with Crippen molar-refractivity contribution < 1.29 is 9.18 Å². The molecule has 0 bridgehead atoms. The van der Waals surface area contributed by atoms with Crippen LogP contribution in [0.3, 0.4) is 0 Å². The summed E-state index contributed by atoms with van der Waals surface area (Å²) in [5.41, 5.74) is 1.49. The Kier molecular flexibility index (Phi) is 4.68. The van der Waals surface area contributed by atoms with Gasteiger partial charge < -0.3 is 5.32 Å². The van der Waals surface area contributed by atoms with E-state index >= 15 is 0 Å². The summed E-state index contributed by atoms with van der Waals surface area (Å²) in [5, 5.41) is 10.1. The Balaban J connectivity index is 1.55. The first kappa shape index (κ1) is 15.2. The van der Waals surface area contributed by atoms with Gasteiger partial charge in [-0.1, -0.05) is 42.1 Å². The van der Waals surface area contributed by atoms with Crippen LogP contribution in [0.2, 0.25) is 0 Å². The van der Waals surface area contributed by atoms with Crippen LogP contribution in [0.25, 0.3) is 11.4 Å². The van der Waals surface area contributed by atoms with Crippen LogP contribution < -0.4 is 5.32 Å². The largest absolute Gasteiger partial charge is 0.325 e. The third kappa shape index (κ3) is 4.17. The number of rotatable bonds is 5. The summed E-state index contributed by atoms with van der Waals surface area (Å²) in [6.45, 7) is 0. The van der Waals surface area contributed by atoms with Crippen molar-refractivity contribution in [3.8, 4) is 11.4 Å². The molecule has 0 aliphatic rings. The van der Waals surface area contributed by atoms with Crippen molar-refractivity contribution in [3.63, 3.8) is 0 Å². The Morgan fingerprint density at radius 1 is 1.13 bits per heavy atom. The molecule has 2 N–H and O–H groups in total. The molecule has 0 unspecified atom stereocenters. The van der Waals surface area contributed by atoms with Crippen molar-refractivity contribution in [1.82, 2.24) is 15.2 Å². The molecule has 0 fully saturated rings. The summed E-state index contributed by atoms with van der Waals surface area (Å²) in [4.78, 5) is 16.2. The van der Waals surface area contributed by atoms with Gasteiger partial charge in [0.15, 0.2) is 5.82 Å². The maximum absolute atomic E-state index is 12.8. The van der Waals surface area contributed by atoms with Crippen LogP contribution in [0, 0.1) is 5.82 Å². The maximum Gasteiger partial charge on any atom is 0.234 e. The second-order valence-electron chi connectivity index (χ2n) is 4.68. The van der Waals surface area contributed by atoms with E-state index in [0.29, 0.717) is 16.7 Å². The van der Waals surface area contributed by atoms with Gasteiger partial charge in [0.2, 0.25) is 11.1 Å². The van der Waals surface area contributed by atoms with E-state index in [9.17, 15) is 9.18 Å². The van der Waals surface area contributed by atoms with Crippen LogP contribution in [0.15, 0.2) is 59.8 Å². The number of aromatic amines is 1. The SMILES string of the molecule is O=C(CSc1n[nH]c(-c2ccccc2)n1)Nc1ccc(F)cc1. The number of anilines is 1. The highest BCUT2D eigenvalue weighted by molar-refractivity contribution is 7.99. The molecular weight excluding hydrogens is 315 g/mol. The minimum absolute atomic E-state index is 0.170. The number of nitrogens with zero attached hydrogens (tertiary/aromatic N) is 2. The number of aromatic nitrogens is 3. The molecule has 0 saturated heterocycles. The number of halogens is 1. The van der Waals surface area contributed by atoms with Gasteiger partial charge in [0.25, 0.3) is 0 Å². The number of carbonyl (C=O) groups excluding carboxylic acids is 1. The molecule has 2 aromatic carbocycles. The minimum Gasteiger partial charge on any atom is -0.325 e. The second kappa shape index (κ2) is 7.06. The van der Waals surface area contributed by atoms with Gasteiger partial charge in [0.05, 0.1) is 5.75 Å². The van der Waals surface area contributed by atoms with Crippen molar-refractivity contribution in [3.05, 3.63) is 60.4 Å². The second-order valence-corrected chi connectivity index (χ2v) is 5.62. The van der Waals surface area contributed by atoms with E-state index in [4.69, 9.17) is 0 Å². The zero-order valence-electron chi connectivity index (χ0n) is 12.0. The Morgan fingerprint density at radius 2 is 1.87 bits per heavy atom.